The summed E-state index contributed by atoms with van der Waals surface area (Å²) in [5.74, 6) is 1.98. The summed E-state index contributed by atoms with van der Waals surface area (Å²) in [6.07, 6.45) is 3.93. The first-order valence-electron chi connectivity index (χ1n) is 8.86. The zero-order valence-corrected chi connectivity index (χ0v) is 14.8. The van der Waals surface area contributed by atoms with Crippen LogP contribution in [0.25, 0.3) is 0 Å². The molecular formula is C19H25N5O. The van der Waals surface area contributed by atoms with Crippen LogP contribution in [0.4, 0.5) is 0 Å². The van der Waals surface area contributed by atoms with Gasteiger partial charge in [0.25, 0.3) is 0 Å². The average molecular weight is 339 g/mol. The van der Waals surface area contributed by atoms with Crippen molar-refractivity contribution in [3.8, 4) is 11.8 Å². The number of hydrogen-bond donors (Lipinski definition) is 0. The number of rotatable bonds is 7. The number of aryl methyl sites for hydroxylation is 1. The maximum atomic E-state index is 8.80. The zero-order chi connectivity index (χ0) is 17.5. The molecule has 0 bridgehead atoms. The molecule has 2 heterocycles. The molecule has 1 aromatic heterocycles. The fourth-order valence-corrected chi connectivity index (χ4v) is 3.07. The van der Waals surface area contributed by atoms with E-state index >= 15 is 0 Å². The van der Waals surface area contributed by atoms with Gasteiger partial charge in [-0.05, 0) is 31.2 Å². The summed E-state index contributed by atoms with van der Waals surface area (Å²) in [5.41, 5.74) is 0.659. The number of nitriles is 1. The van der Waals surface area contributed by atoms with Gasteiger partial charge in [-0.3, -0.25) is 9.80 Å². The maximum absolute atomic E-state index is 8.80. The number of hydrogen-bond acceptors (Lipinski definition) is 5. The van der Waals surface area contributed by atoms with Crippen molar-refractivity contribution in [3.05, 3.63) is 48.0 Å². The van der Waals surface area contributed by atoms with E-state index in [4.69, 9.17) is 10.00 Å². The number of imidazole rings is 1. The van der Waals surface area contributed by atoms with E-state index in [9.17, 15) is 0 Å². The summed E-state index contributed by atoms with van der Waals surface area (Å²) in [7, 11) is 0. The highest BCUT2D eigenvalue weighted by Crippen LogP contribution is 2.12. The second-order valence-corrected chi connectivity index (χ2v) is 6.23. The summed E-state index contributed by atoms with van der Waals surface area (Å²) in [4.78, 5) is 9.36. The Balaban J connectivity index is 1.37. The molecule has 0 saturated carbocycles. The van der Waals surface area contributed by atoms with Crippen LogP contribution < -0.4 is 4.74 Å². The first-order chi connectivity index (χ1) is 12.3. The number of piperazine rings is 1. The lowest BCUT2D eigenvalue weighted by Gasteiger charge is -2.34. The number of benzene rings is 1. The Labute approximate surface area is 149 Å². The molecule has 0 N–H and O–H groups in total. The SMILES string of the molecule is CCn1ccnc1CN1CCN(CCOc2ccc(C#N)cc2)CC1. The van der Waals surface area contributed by atoms with Crippen LogP contribution in [-0.2, 0) is 13.1 Å². The number of ether oxygens (including phenoxy) is 1. The predicted molar refractivity (Wildman–Crippen MR) is 96.3 cm³/mol. The molecule has 0 atom stereocenters. The zero-order valence-electron chi connectivity index (χ0n) is 14.8. The summed E-state index contributed by atoms with van der Waals surface area (Å²) in [6, 6.07) is 9.39. The van der Waals surface area contributed by atoms with Crippen molar-refractivity contribution in [1.82, 2.24) is 19.4 Å². The largest absolute Gasteiger partial charge is 0.492 e. The summed E-state index contributed by atoms with van der Waals surface area (Å²) in [6.45, 7) is 9.90. The highest BCUT2D eigenvalue weighted by molar-refractivity contribution is 5.34. The van der Waals surface area contributed by atoms with Gasteiger partial charge in [-0.25, -0.2) is 4.98 Å². The van der Waals surface area contributed by atoms with E-state index in [0.717, 1.165) is 57.4 Å². The third-order valence-electron chi connectivity index (χ3n) is 4.63. The van der Waals surface area contributed by atoms with Crippen LogP contribution in [0.15, 0.2) is 36.7 Å². The van der Waals surface area contributed by atoms with E-state index in [-0.39, 0.29) is 0 Å². The van der Waals surface area contributed by atoms with Crippen molar-refractivity contribution in [1.29, 1.82) is 5.26 Å². The number of nitrogens with zero attached hydrogens (tertiary/aromatic N) is 5. The van der Waals surface area contributed by atoms with Gasteiger partial charge in [-0.15, -0.1) is 0 Å². The molecule has 0 unspecified atom stereocenters. The molecule has 3 rings (SSSR count). The van der Waals surface area contributed by atoms with Crippen LogP contribution in [0.2, 0.25) is 0 Å². The van der Waals surface area contributed by atoms with Crippen molar-refractivity contribution >= 4 is 0 Å². The van der Waals surface area contributed by atoms with Crippen LogP contribution in [0.1, 0.15) is 18.3 Å². The molecule has 0 radical (unpaired) electrons. The Hall–Kier alpha value is -2.36. The summed E-state index contributed by atoms with van der Waals surface area (Å²) >= 11 is 0. The minimum atomic E-state index is 0.659. The molecule has 2 aromatic rings. The normalized spacial score (nSPS) is 15.8. The Kier molecular flexibility index (Phi) is 6.04. The van der Waals surface area contributed by atoms with Crippen molar-refractivity contribution < 1.29 is 4.74 Å². The molecule has 132 valence electrons. The third kappa shape index (κ3) is 4.81. The van der Waals surface area contributed by atoms with E-state index < -0.39 is 0 Å². The maximum Gasteiger partial charge on any atom is 0.122 e. The Morgan fingerprint density at radius 1 is 1.12 bits per heavy atom. The highest BCUT2D eigenvalue weighted by Gasteiger charge is 2.18. The van der Waals surface area contributed by atoms with Crippen LogP contribution in [0.5, 0.6) is 5.75 Å². The topological polar surface area (TPSA) is 57.3 Å². The molecular weight excluding hydrogens is 314 g/mol. The molecule has 6 nitrogen and oxygen atoms in total. The van der Waals surface area contributed by atoms with Gasteiger partial charge in [0.15, 0.2) is 0 Å². The lowest BCUT2D eigenvalue weighted by atomic mass is 10.2. The van der Waals surface area contributed by atoms with Gasteiger partial charge < -0.3 is 9.30 Å². The van der Waals surface area contributed by atoms with Gasteiger partial charge in [0, 0.05) is 51.7 Å². The first kappa shape index (κ1) is 17.5. The third-order valence-corrected chi connectivity index (χ3v) is 4.63. The molecule has 0 spiro atoms. The van der Waals surface area contributed by atoms with Gasteiger partial charge in [-0.1, -0.05) is 0 Å². The lowest BCUT2D eigenvalue weighted by Crippen LogP contribution is -2.47. The molecule has 1 aromatic carbocycles. The van der Waals surface area contributed by atoms with Crippen LogP contribution in [0, 0.1) is 11.3 Å². The Morgan fingerprint density at radius 2 is 1.84 bits per heavy atom. The van der Waals surface area contributed by atoms with Crippen LogP contribution >= 0.6 is 0 Å². The van der Waals surface area contributed by atoms with Gasteiger partial charge in [0.2, 0.25) is 0 Å². The van der Waals surface area contributed by atoms with Crippen LogP contribution in [0.3, 0.4) is 0 Å². The highest BCUT2D eigenvalue weighted by atomic mass is 16.5. The molecule has 0 amide bonds. The Bertz CT molecular complexity index is 695. The van der Waals surface area contributed by atoms with E-state index in [2.05, 4.69) is 32.3 Å². The number of aromatic nitrogens is 2. The summed E-state index contributed by atoms with van der Waals surface area (Å²) < 4.78 is 7.98. The first-order valence-corrected chi connectivity index (χ1v) is 8.86. The van der Waals surface area contributed by atoms with E-state index in [0.29, 0.717) is 12.2 Å². The molecule has 1 saturated heterocycles. The van der Waals surface area contributed by atoms with Crippen molar-refractivity contribution in [3.63, 3.8) is 0 Å². The van der Waals surface area contributed by atoms with E-state index in [1.54, 1.807) is 12.1 Å². The standard InChI is InChI=1S/C19H25N5O/c1-2-24-8-7-21-19(24)16-23-11-9-22(10-12-23)13-14-25-18-5-3-17(15-20)4-6-18/h3-8H,2,9-14,16H2,1H3. The van der Waals surface area contributed by atoms with Crippen LogP contribution in [-0.4, -0.2) is 58.7 Å². The average Bonchev–Trinajstić information content (AvgIpc) is 3.11. The lowest BCUT2D eigenvalue weighted by molar-refractivity contribution is 0.110. The molecule has 1 aliphatic rings. The van der Waals surface area contributed by atoms with Crippen molar-refractivity contribution in [2.24, 2.45) is 0 Å². The van der Waals surface area contributed by atoms with Crippen molar-refractivity contribution in [2.45, 2.75) is 20.0 Å². The molecule has 1 aliphatic heterocycles. The van der Waals surface area contributed by atoms with E-state index in [1.165, 1.54) is 0 Å². The molecule has 1 fully saturated rings. The molecule has 0 aliphatic carbocycles. The van der Waals surface area contributed by atoms with Crippen molar-refractivity contribution in [2.75, 3.05) is 39.3 Å². The smallest absolute Gasteiger partial charge is 0.122 e. The predicted octanol–water partition coefficient (Wildman–Crippen LogP) is 1.97. The van der Waals surface area contributed by atoms with Gasteiger partial charge in [-0.2, -0.15) is 5.26 Å². The van der Waals surface area contributed by atoms with E-state index in [1.807, 2.05) is 24.5 Å². The molecule has 25 heavy (non-hydrogen) atoms. The van der Waals surface area contributed by atoms with Gasteiger partial charge >= 0.3 is 0 Å². The monoisotopic (exact) mass is 339 g/mol. The minimum absolute atomic E-state index is 0.659. The second-order valence-electron chi connectivity index (χ2n) is 6.23. The second kappa shape index (κ2) is 8.65. The minimum Gasteiger partial charge on any atom is -0.492 e. The van der Waals surface area contributed by atoms with Gasteiger partial charge in [0.05, 0.1) is 18.2 Å². The van der Waals surface area contributed by atoms with Gasteiger partial charge in [0.1, 0.15) is 18.2 Å². The molecule has 6 heteroatoms. The fraction of sp³-hybridized carbons (Fsp3) is 0.474. The quantitative estimate of drug-likeness (QED) is 0.772. The Morgan fingerprint density at radius 3 is 2.52 bits per heavy atom. The summed E-state index contributed by atoms with van der Waals surface area (Å²) in [5, 5.41) is 8.80. The fourth-order valence-electron chi connectivity index (χ4n) is 3.07.